The molecule has 0 aliphatic heterocycles. The van der Waals surface area contributed by atoms with Crippen molar-refractivity contribution in [1.82, 2.24) is 0 Å². The Bertz CT molecular complexity index is 1940. The van der Waals surface area contributed by atoms with E-state index in [0.717, 1.165) is 24.3 Å². The fourth-order valence-corrected chi connectivity index (χ4v) is 3.95. The third-order valence-corrected chi connectivity index (χ3v) is 6.32. The molecule has 0 amide bonds. The van der Waals surface area contributed by atoms with E-state index in [1.807, 2.05) is 0 Å². The van der Waals surface area contributed by atoms with Crippen molar-refractivity contribution < 1.29 is 60.8 Å². The van der Waals surface area contributed by atoms with Gasteiger partial charge in [0.05, 0.1) is 11.1 Å². The van der Waals surface area contributed by atoms with E-state index < -0.39 is 47.3 Å². The van der Waals surface area contributed by atoms with E-state index in [4.69, 9.17) is 23.7 Å². The average molecular weight is 691 g/mol. The van der Waals surface area contributed by atoms with Gasteiger partial charge in [-0.15, -0.1) is 0 Å². The minimum absolute atomic E-state index is 0.0426. The maximum Gasteiger partial charge on any atom is 0.420 e. The lowest BCUT2D eigenvalue weighted by atomic mass is 9.96. The van der Waals surface area contributed by atoms with Gasteiger partial charge in [0.25, 0.3) is 0 Å². The Morgan fingerprint density at radius 1 is 0.580 bits per heavy atom. The molecule has 0 aromatic heterocycles. The van der Waals surface area contributed by atoms with Crippen molar-refractivity contribution >= 4 is 29.8 Å². The summed E-state index contributed by atoms with van der Waals surface area (Å²) in [5.41, 5.74) is -1.72. The van der Waals surface area contributed by atoms with Crippen LogP contribution in [0.25, 0.3) is 22.3 Å². The Kier molecular flexibility index (Phi) is 11.8. The van der Waals surface area contributed by atoms with Crippen molar-refractivity contribution in [2.45, 2.75) is 26.9 Å². The second-order valence-corrected chi connectivity index (χ2v) is 10.5. The highest BCUT2D eigenvalue weighted by Crippen LogP contribution is 2.46. The van der Waals surface area contributed by atoms with Gasteiger partial charge in [-0.05, 0) is 50.1 Å². The Labute approximate surface area is 284 Å². The molecule has 0 heterocycles. The van der Waals surface area contributed by atoms with Gasteiger partial charge in [0.15, 0.2) is 0 Å². The van der Waals surface area contributed by atoms with Crippen LogP contribution in [-0.4, -0.2) is 29.8 Å². The molecule has 0 N–H and O–H groups in total. The van der Waals surface area contributed by atoms with Gasteiger partial charge in [0.2, 0.25) is 0 Å². The zero-order chi connectivity index (χ0) is 37.5. The molecule has 0 saturated carbocycles. The number of benzene rings is 3. The maximum atomic E-state index is 14.1. The van der Waals surface area contributed by atoms with Crippen molar-refractivity contribution in [2.75, 3.05) is 0 Å². The molecule has 0 bridgehead atoms. The number of ether oxygens (including phenoxy) is 5. The van der Waals surface area contributed by atoms with Crippen molar-refractivity contribution in [3.8, 4) is 51.0 Å². The number of alkyl halides is 3. The number of hydrogen-bond acceptors (Lipinski definition) is 10. The molecular weight excluding hydrogens is 661 g/mol. The highest BCUT2D eigenvalue weighted by molar-refractivity contribution is 5.95. The lowest BCUT2D eigenvalue weighted by molar-refractivity contribution is -0.141. The predicted octanol–water partition coefficient (Wildman–Crippen LogP) is 7.67. The summed E-state index contributed by atoms with van der Waals surface area (Å²) >= 11 is 0. The van der Waals surface area contributed by atoms with Crippen LogP contribution in [0.4, 0.5) is 13.2 Å². The van der Waals surface area contributed by atoms with E-state index >= 15 is 0 Å². The van der Waals surface area contributed by atoms with E-state index in [9.17, 15) is 37.1 Å². The lowest BCUT2D eigenvalue weighted by Crippen LogP contribution is -2.13. The van der Waals surface area contributed by atoms with Gasteiger partial charge in [0, 0.05) is 46.6 Å². The molecule has 3 aromatic rings. The first-order valence-electron chi connectivity index (χ1n) is 14.2. The first-order valence-corrected chi connectivity index (χ1v) is 14.2. The summed E-state index contributed by atoms with van der Waals surface area (Å²) < 4.78 is 68.8. The summed E-state index contributed by atoms with van der Waals surface area (Å²) in [7, 11) is 0. The first kappa shape index (κ1) is 38.0. The zero-order valence-electron chi connectivity index (χ0n) is 27.0. The summed E-state index contributed by atoms with van der Waals surface area (Å²) in [4.78, 5) is 61.9. The lowest BCUT2D eigenvalue weighted by Gasteiger charge is -2.19. The molecule has 0 atom stereocenters. The molecular formula is C37H29F3O10. The largest absolute Gasteiger partial charge is 0.423 e. The zero-order valence-corrected chi connectivity index (χ0v) is 27.0. The number of hydrogen-bond donors (Lipinski definition) is 0. The topological polar surface area (TPSA) is 132 Å². The fourth-order valence-electron chi connectivity index (χ4n) is 3.95. The van der Waals surface area contributed by atoms with Gasteiger partial charge in [-0.25, -0.2) is 24.0 Å². The van der Waals surface area contributed by atoms with Gasteiger partial charge < -0.3 is 23.7 Å². The quantitative estimate of drug-likeness (QED) is 0.106. The number of carbonyl (C=O) groups is 5. The molecule has 0 spiro atoms. The maximum absolute atomic E-state index is 14.1. The van der Waals surface area contributed by atoms with E-state index in [1.54, 1.807) is 0 Å². The van der Waals surface area contributed by atoms with Gasteiger partial charge in [-0.2, -0.15) is 13.2 Å². The number of carbonyl (C=O) groups excluding carboxylic acids is 5. The normalized spacial score (nSPS) is 10.6. The summed E-state index contributed by atoms with van der Waals surface area (Å²) in [6, 6.07) is 8.86. The van der Waals surface area contributed by atoms with Crippen molar-refractivity contribution in [2.24, 2.45) is 0 Å². The molecule has 0 fully saturated rings. The second-order valence-electron chi connectivity index (χ2n) is 10.5. The van der Waals surface area contributed by atoms with Gasteiger partial charge in [-0.1, -0.05) is 51.1 Å². The van der Waals surface area contributed by atoms with Gasteiger partial charge in [0.1, 0.15) is 28.7 Å². The SMILES string of the molecule is C=CC(=O)Oc1cc(OC(=O)C(=C)C)c(-c2ccc(-c3ccc(OC(=O)C=C)c(C(F)(F)F)c3)c(OC(=O)C(=C)C)c2)c(OC(=O)C(=C)C)c1. The molecule has 0 aliphatic rings. The molecule has 10 nitrogen and oxygen atoms in total. The molecule has 3 aromatic carbocycles. The molecule has 3 rings (SSSR count). The van der Waals surface area contributed by atoms with Crippen LogP contribution in [0.3, 0.4) is 0 Å². The highest BCUT2D eigenvalue weighted by Gasteiger charge is 2.36. The predicted molar refractivity (Wildman–Crippen MR) is 175 cm³/mol. The standard InChI is InChI=1S/C37H29F3O10/c1-9-31(41)46-24-17-29(49-35(44)20(5)6)33(30(18-24)50-36(45)21(7)8)23-11-13-25(28(16-23)48-34(43)19(3)4)22-12-14-27(47-32(42)10-2)26(15-22)37(38,39)40/h9-18H,1-3,5,7H2,4,6,8H3. The molecule has 0 saturated heterocycles. The van der Waals surface area contributed by atoms with Crippen molar-refractivity contribution in [3.05, 3.63) is 116 Å². The van der Waals surface area contributed by atoms with Crippen LogP contribution in [-0.2, 0) is 30.1 Å². The average Bonchev–Trinajstić information content (AvgIpc) is 3.04. The highest BCUT2D eigenvalue weighted by atomic mass is 19.4. The summed E-state index contributed by atoms with van der Waals surface area (Å²) in [5.74, 6) is -6.85. The van der Waals surface area contributed by atoms with Crippen LogP contribution < -0.4 is 23.7 Å². The summed E-state index contributed by atoms with van der Waals surface area (Å²) in [5, 5.41) is 0. The Hall–Kier alpha value is -6.50. The van der Waals surface area contributed by atoms with Crippen LogP contribution in [0.2, 0.25) is 0 Å². The third kappa shape index (κ3) is 9.31. The summed E-state index contributed by atoms with van der Waals surface area (Å²) in [6.45, 7) is 21.2. The minimum Gasteiger partial charge on any atom is -0.423 e. The molecule has 13 heteroatoms. The molecule has 0 aliphatic carbocycles. The van der Waals surface area contributed by atoms with Crippen molar-refractivity contribution in [3.63, 3.8) is 0 Å². The summed E-state index contributed by atoms with van der Waals surface area (Å²) in [6.07, 6.45) is -3.43. The number of halogens is 3. The van der Waals surface area contributed by atoms with Crippen LogP contribution in [0.5, 0.6) is 28.7 Å². The number of esters is 5. The Morgan fingerprint density at radius 3 is 1.50 bits per heavy atom. The third-order valence-electron chi connectivity index (χ3n) is 6.32. The minimum atomic E-state index is -4.98. The number of rotatable bonds is 12. The molecule has 258 valence electrons. The monoisotopic (exact) mass is 690 g/mol. The smallest absolute Gasteiger partial charge is 0.420 e. The Balaban J connectivity index is 2.41. The van der Waals surface area contributed by atoms with Gasteiger partial charge in [-0.3, -0.25) is 0 Å². The Morgan fingerprint density at radius 2 is 1.04 bits per heavy atom. The van der Waals surface area contributed by atoms with E-state index in [-0.39, 0.29) is 62.0 Å². The second kappa shape index (κ2) is 15.6. The molecule has 0 unspecified atom stereocenters. The fraction of sp³-hybridized carbons (Fsp3) is 0.108. The van der Waals surface area contributed by atoms with Crippen LogP contribution in [0.1, 0.15) is 26.3 Å². The molecule has 0 radical (unpaired) electrons. The van der Waals surface area contributed by atoms with E-state index in [0.29, 0.717) is 12.1 Å². The van der Waals surface area contributed by atoms with Gasteiger partial charge >= 0.3 is 36.0 Å². The van der Waals surface area contributed by atoms with Crippen LogP contribution in [0.15, 0.2) is 110 Å². The first-order chi connectivity index (χ1) is 23.4. The van der Waals surface area contributed by atoms with Crippen LogP contribution in [0, 0.1) is 0 Å². The van der Waals surface area contributed by atoms with Crippen molar-refractivity contribution in [1.29, 1.82) is 0 Å². The van der Waals surface area contributed by atoms with Crippen LogP contribution >= 0.6 is 0 Å². The van der Waals surface area contributed by atoms with E-state index in [1.165, 1.54) is 45.0 Å². The van der Waals surface area contributed by atoms with E-state index in [2.05, 4.69) is 32.9 Å². The molecule has 50 heavy (non-hydrogen) atoms.